The summed E-state index contributed by atoms with van der Waals surface area (Å²) < 4.78 is 6.51. The molecule has 2 heterocycles. The van der Waals surface area contributed by atoms with E-state index in [0.717, 1.165) is 16.9 Å². The molecule has 0 saturated heterocycles. The zero-order chi connectivity index (χ0) is 25.9. The Morgan fingerprint density at radius 2 is 1.76 bits per heavy atom. The van der Waals surface area contributed by atoms with Crippen molar-refractivity contribution in [3.05, 3.63) is 104 Å². The van der Waals surface area contributed by atoms with E-state index in [2.05, 4.69) is 20.3 Å². The third-order valence-electron chi connectivity index (χ3n) is 5.57. The lowest BCUT2D eigenvalue weighted by atomic mass is 10.1. The van der Waals surface area contributed by atoms with E-state index in [4.69, 9.17) is 4.74 Å². The van der Waals surface area contributed by atoms with Gasteiger partial charge in [0.25, 0.3) is 5.69 Å². The van der Waals surface area contributed by atoms with Gasteiger partial charge in [-0.1, -0.05) is 12.1 Å². The van der Waals surface area contributed by atoms with Crippen molar-refractivity contribution in [1.82, 2.24) is 14.8 Å². The Morgan fingerprint density at radius 1 is 1.03 bits per heavy atom. The molecule has 10 nitrogen and oxygen atoms in total. The third-order valence-corrected chi connectivity index (χ3v) is 6.39. The van der Waals surface area contributed by atoms with Crippen molar-refractivity contribution in [2.75, 3.05) is 7.11 Å². The van der Waals surface area contributed by atoms with Crippen molar-refractivity contribution in [3.63, 3.8) is 0 Å². The molecule has 1 N–H and O–H groups in total. The minimum absolute atomic E-state index is 0.0578. The molecule has 0 amide bonds. The van der Waals surface area contributed by atoms with Gasteiger partial charge in [-0.3, -0.25) is 20.0 Å². The average molecular weight is 513 g/mol. The van der Waals surface area contributed by atoms with Crippen LogP contribution in [0.5, 0.6) is 5.75 Å². The van der Waals surface area contributed by atoms with Crippen molar-refractivity contribution in [3.8, 4) is 33.4 Å². The highest BCUT2D eigenvalue weighted by Crippen LogP contribution is 2.31. The van der Waals surface area contributed by atoms with Crippen LogP contribution in [0, 0.1) is 17.0 Å². The quantitative estimate of drug-likeness (QED) is 0.149. The molecular formula is C26H20N6O4S. The molecule has 2 aromatic heterocycles. The minimum atomic E-state index is -0.480. The molecule has 5 aromatic rings. The number of nitro groups is 1. The van der Waals surface area contributed by atoms with Gasteiger partial charge in [0.1, 0.15) is 5.75 Å². The number of benzene rings is 3. The number of H-pyrrole nitrogens is 1. The van der Waals surface area contributed by atoms with E-state index in [1.165, 1.54) is 28.2 Å². The Morgan fingerprint density at radius 3 is 2.43 bits per heavy atom. The number of methoxy groups -OCH3 is 1. The number of non-ortho nitro benzene ring substituents is 1. The van der Waals surface area contributed by atoms with Gasteiger partial charge >= 0.3 is 5.56 Å². The maximum atomic E-state index is 13.5. The van der Waals surface area contributed by atoms with E-state index >= 15 is 0 Å². The van der Waals surface area contributed by atoms with Crippen molar-refractivity contribution < 1.29 is 9.66 Å². The summed E-state index contributed by atoms with van der Waals surface area (Å²) in [6.07, 6.45) is 0. The molecule has 0 bridgehead atoms. The summed E-state index contributed by atoms with van der Waals surface area (Å²) in [6.45, 7) is 1.94. The first-order chi connectivity index (χ1) is 17.9. The number of nitrogens with zero attached hydrogens (tertiary/aromatic N) is 5. The number of ether oxygens (including phenoxy) is 1. The first-order valence-corrected chi connectivity index (χ1v) is 12.0. The standard InChI is InChI=1S/C26H20N6O4S/c1-16-4-3-5-19(14-16)28-29-24-23(18-6-10-20(11-7-18)32(34)35)30-31(25(24)33)26-27-22(15-37-26)17-8-12-21(36-2)13-9-17/h3-15,30H,1-2H3. The van der Waals surface area contributed by atoms with Crippen molar-refractivity contribution in [2.24, 2.45) is 10.2 Å². The van der Waals surface area contributed by atoms with E-state index in [1.807, 2.05) is 54.8 Å². The lowest BCUT2D eigenvalue weighted by Crippen LogP contribution is -2.13. The molecule has 0 unspecified atom stereocenters. The second-order valence-corrected chi connectivity index (χ2v) is 8.90. The molecule has 184 valence electrons. The summed E-state index contributed by atoms with van der Waals surface area (Å²) in [5.41, 5.74) is 3.66. The summed E-state index contributed by atoms with van der Waals surface area (Å²) in [6, 6.07) is 20.7. The minimum Gasteiger partial charge on any atom is -0.497 e. The number of aromatic amines is 1. The van der Waals surface area contributed by atoms with Gasteiger partial charge in [0.05, 0.1) is 29.1 Å². The van der Waals surface area contributed by atoms with Gasteiger partial charge in [0, 0.05) is 28.6 Å². The molecule has 0 spiro atoms. The van der Waals surface area contributed by atoms with Gasteiger partial charge in [-0.15, -0.1) is 16.5 Å². The first-order valence-electron chi connectivity index (χ1n) is 11.1. The second kappa shape index (κ2) is 9.99. The van der Waals surface area contributed by atoms with Crippen LogP contribution in [0.15, 0.2) is 93.2 Å². The van der Waals surface area contributed by atoms with Gasteiger partial charge in [-0.25, -0.2) is 4.98 Å². The first kappa shape index (κ1) is 23.8. The van der Waals surface area contributed by atoms with E-state index < -0.39 is 10.5 Å². The summed E-state index contributed by atoms with van der Waals surface area (Å²) >= 11 is 1.29. The Bertz CT molecular complexity index is 1670. The highest BCUT2D eigenvalue weighted by molar-refractivity contribution is 7.12. The topological polar surface area (TPSA) is 128 Å². The SMILES string of the molecule is COc1ccc(-c2csc(-n3[nH]c(-c4ccc([N+](=O)[O-])cc4)c(N=Nc4cccc(C)c4)c3=O)n2)cc1. The molecule has 0 radical (unpaired) electrons. The second-order valence-electron chi connectivity index (χ2n) is 8.06. The number of aromatic nitrogens is 3. The summed E-state index contributed by atoms with van der Waals surface area (Å²) in [4.78, 5) is 28.7. The molecule has 0 aliphatic heterocycles. The molecule has 0 fully saturated rings. The van der Waals surface area contributed by atoms with Crippen LogP contribution in [0.25, 0.3) is 27.6 Å². The summed E-state index contributed by atoms with van der Waals surface area (Å²) in [5, 5.41) is 25.0. The summed E-state index contributed by atoms with van der Waals surface area (Å²) in [5.74, 6) is 0.733. The normalized spacial score (nSPS) is 11.2. The summed E-state index contributed by atoms with van der Waals surface area (Å²) in [7, 11) is 1.60. The van der Waals surface area contributed by atoms with E-state index in [9.17, 15) is 14.9 Å². The number of rotatable bonds is 7. The Hall–Kier alpha value is -4.90. The van der Waals surface area contributed by atoms with Crippen LogP contribution in [0.4, 0.5) is 17.1 Å². The van der Waals surface area contributed by atoms with Crippen LogP contribution in [0.2, 0.25) is 0 Å². The molecular weight excluding hydrogens is 492 g/mol. The number of aryl methyl sites for hydroxylation is 1. The zero-order valence-corrected chi connectivity index (χ0v) is 20.6. The number of hydrogen-bond donors (Lipinski definition) is 1. The smallest absolute Gasteiger partial charge is 0.301 e. The number of nitrogens with one attached hydrogen (secondary N) is 1. The molecule has 0 aliphatic carbocycles. The van der Waals surface area contributed by atoms with Crippen LogP contribution in [0.3, 0.4) is 0 Å². The fraction of sp³-hybridized carbons (Fsp3) is 0.0769. The predicted octanol–water partition coefficient (Wildman–Crippen LogP) is 6.60. The highest BCUT2D eigenvalue weighted by atomic mass is 32.1. The largest absolute Gasteiger partial charge is 0.497 e. The van der Waals surface area contributed by atoms with Crippen molar-refractivity contribution in [1.29, 1.82) is 0 Å². The van der Waals surface area contributed by atoms with Crippen LogP contribution in [-0.4, -0.2) is 26.8 Å². The molecule has 0 aliphatic rings. The number of nitro benzene ring substituents is 1. The molecule has 0 saturated carbocycles. The molecule has 0 atom stereocenters. The maximum Gasteiger partial charge on any atom is 0.301 e. The van der Waals surface area contributed by atoms with E-state index in [-0.39, 0.29) is 11.4 Å². The van der Waals surface area contributed by atoms with Crippen LogP contribution in [0.1, 0.15) is 5.56 Å². The van der Waals surface area contributed by atoms with Gasteiger partial charge in [0.2, 0.25) is 5.13 Å². The van der Waals surface area contributed by atoms with Gasteiger partial charge in [-0.05, 0) is 61.0 Å². The highest BCUT2D eigenvalue weighted by Gasteiger charge is 2.20. The molecule has 5 rings (SSSR count). The lowest BCUT2D eigenvalue weighted by molar-refractivity contribution is -0.384. The van der Waals surface area contributed by atoms with Crippen molar-refractivity contribution >= 4 is 28.4 Å². The molecule has 37 heavy (non-hydrogen) atoms. The Labute approximate surface area is 214 Å². The van der Waals surface area contributed by atoms with Gasteiger partial charge in [0.15, 0.2) is 5.69 Å². The van der Waals surface area contributed by atoms with Crippen LogP contribution < -0.4 is 10.3 Å². The Balaban J connectivity index is 1.58. The van der Waals surface area contributed by atoms with Crippen LogP contribution >= 0.6 is 11.3 Å². The number of hydrogen-bond acceptors (Lipinski definition) is 8. The zero-order valence-electron chi connectivity index (χ0n) is 19.8. The molecule has 11 heteroatoms. The Kier molecular flexibility index (Phi) is 6.43. The lowest BCUT2D eigenvalue weighted by Gasteiger charge is -2.01. The fourth-order valence-electron chi connectivity index (χ4n) is 3.67. The monoisotopic (exact) mass is 512 g/mol. The molecule has 3 aromatic carbocycles. The van der Waals surface area contributed by atoms with E-state index in [0.29, 0.717) is 27.8 Å². The van der Waals surface area contributed by atoms with E-state index in [1.54, 1.807) is 25.3 Å². The number of azo groups is 1. The number of thiazole rings is 1. The predicted molar refractivity (Wildman–Crippen MR) is 141 cm³/mol. The van der Waals surface area contributed by atoms with Gasteiger partial charge in [-0.2, -0.15) is 9.80 Å². The fourth-order valence-corrected chi connectivity index (χ4v) is 4.46. The maximum absolute atomic E-state index is 13.5. The average Bonchev–Trinajstić information content (AvgIpc) is 3.52. The third kappa shape index (κ3) is 4.93. The van der Waals surface area contributed by atoms with Crippen molar-refractivity contribution in [2.45, 2.75) is 6.92 Å². The van der Waals surface area contributed by atoms with Gasteiger partial charge < -0.3 is 4.74 Å². The van der Waals surface area contributed by atoms with Crippen LogP contribution in [-0.2, 0) is 0 Å².